The number of sulfonamides is 1. The van der Waals surface area contributed by atoms with E-state index >= 15 is 0 Å². The van der Waals surface area contributed by atoms with Crippen molar-refractivity contribution in [3.63, 3.8) is 0 Å². The molecule has 1 aromatic carbocycles. The molecular weight excluding hydrogens is 375 g/mol. The zero-order valence-electron chi connectivity index (χ0n) is 10.1. The lowest BCUT2D eigenvalue weighted by atomic mass is 10.3. The molecule has 2 rings (SSSR count). The molecule has 1 aliphatic heterocycles. The van der Waals surface area contributed by atoms with Gasteiger partial charge in [-0.15, -0.1) is 0 Å². The van der Waals surface area contributed by atoms with Crippen molar-refractivity contribution in [3.05, 3.63) is 22.4 Å². The van der Waals surface area contributed by atoms with E-state index in [2.05, 4.69) is 20.7 Å². The van der Waals surface area contributed by atoms with Crippen LogP contribution in [0.2, 0.25) is 0 Å². The van der Waals surface area contributed by atoms with Crippen LogP contribution in [0.25, 0.3) is 0 Å². The highest BCUT2D eigenvalue weighted by atomic mass is 79.9. The summed E-state index contributed by atoms with van der Waals surface area (Å²) in [6, 6.07) is 1.26. The van der Waals surface area contributed by atoms with Crippen LogP contribution in [0, 0.1) is 5.82 Å². The summed E-state index contributed by atoms with van der Waals surface area (Å²) < 4.78 is 62.4. The van der Waals surface area contributed by atoms with E-state index in [9.17, 15) is 21.2 Å². The van der Waals surface area contributed by atoms with E-state index in [0.29, 0.717) is 0 Å². The second-order valence-electron chi connectivity index (χ2n) is 4.53. The van der Waals surface area contributed by atoms with Crippen molar-refractivity contribution >= 4 is 41.5 Å². The van der Waals surface area contributed by atoms with E-state index in [1.54, 1.807) is 0 Å². The Morgan fingerprint density at radius 2 is 2.05 bits per heavy atom. The first-order valence-corrected chi connectivity index (χ1v) is 9.68. The third kappa shape index (κ3) is 3.30. The van der Waals surface area contributed by atoms with Gasteiger partial charge in [0.05, 0.1) is 21.7 Å². The van der Waals surface area contributed by atoms with Gasteiger partial charge in [-0.3, -0.25) is 0 Å². The van der Waals surface area contributed by atoms with Gasteiger partial charge in [0.15, 0.2) is 9.84 Å². The summed E-state index contributed by atoms with van der Waals surface area (Å²) in [7, 11) is -7.20. The molecule has 1 unspecified atom stereocenters. The number of halogens is 2. The SMILES string of the molecule is Nc1cc(F)c(Br)cc1S(=O)(=O)NC1CCS(=O)(=O)C1. The molecule has 1 fully saturated rings. The number of rotatable bonds is 3. The lowest BCUT2D eigenvalue weighted by Crippen LogP contribution is -2.36. The van der Waals surface area contributed by atoms with Crippen LogP contribution in [-0.4, -0.2) is 34.4 Å². The molecule has 112 valence electrons. The smallest absolute Gasteiger partial charge is 0.242 e. The number of nitrogen functional groups attached to an aromatic ring is 1. The van der Waals surface area contributed by atoms with E-state index in [4.69, 9.17) is 5.73 Å². The maximum Gasteiger partial charge on any atom is 0.242 e. The maximum atomic E-state index is 13.2. The Morgan fingerprint density at radius 1 is 1.40 bits per heavy atom. The van der Waals surface area contributed by atoms with Crippen molar-refractivity contribution in [2.45, 2.75) is 17.4 Å². The number of hydrogen-bond donors (Lipinski definition) is 2. The van der Waals surface area contributed by atoms with Gasteiger partial charge >= 0.3 is 0 Å². The van der Waals surface area contributed by atoms with Gasteiger partial charge in [0.1, 0.15) is 10.7 Å². The first-order chi connectivity index (χ1) is 9.11. The quantitative estimate of drug-likeness (QED) is 0.741. The highest BCUT2D eigenvalue weighted by Crippen LogP contribution is 2.26. The predicted molar refractivity (Wildman–Crippen MR) is 75.9 cm³/mol. The Balaban J connectivity index is 2.30. The van der Waals surface area contributed by atoms with E-state index < -0.39 is 31.7 Å². The van der Waals surface area contributed by atoms with Crippen LogP contribution < -0.4 is 10.5 Å². The molecule has 0 saturated carbocycles. The summed E-state index contributed by atoms with van der Waals surface area (Å²) in [5, 5.41) is 0. The molecule has 1 saturated heterocycles. The van der Waals surface area contributed by atoms with Crippen LogP contribution in [-0.2, 0) is 19.9 Å². The Morgan fingerprint density at radius 3 is 2.60 bits per heavy atom. The average molecular weight is 387 g/mol. The molecule has 0 amide bonds. The fourth-order valence-electron chi connectivity index (χ4n) is 1.95. The molecule has 10 heteroatoms. The predicted octanol–water partition coefficient (Wildman–Crippen LogP) is 0.636. The molecule has 1 aromatic rings. The van der Waals surface area contributed by atoms with Crippen LogP contribution in [0.5, 0.6) is 0 Å². The second-order valence-corrected chi connectivity index (χ2v) is 9.29. The third-order valence-electron chi connectivity index (χ3n) is 2.90. The minimum absolute atomic E-state index is 0.0360. The van der Waals surface area contributed by atoms with Gasteiger partial charge in [-0.25, -0.2) is 25.9 Å². The molecule has 3 N–H and O–H groups in total. The molecule has 6 nitrogen and oxygen atoms in total. The van der Waals surface area contributed by atoms with E-state index in [1.165, 1.54) is 0 Å². The normalized spacial score (nSPS) is 22.0. The summed E-state index contributed by atoms with van der Waals surface area (Å²) in [4.78, 5) is -0.282. The molecule has 0 spiro atoms. The highest BCUT2D eigenvalue weighted by molar-refractivity contribution is 9.10. The van der Waals surface area contributed by atoms with Crippen molar-refractivity contribution in [1.82, 2.24) is 4.72 Å². The lowest BCUT2D eigenvalue weighted by molar-refractivity contribution is 0.562. The number of hydrogen-bond acceptors (Lipinski definition) is 5. The highest BCUT2D eigenvalue weighted by Gasteiger charge is 2.32. The van der Waals surface area contributed by atoms with Crippen molar-refractivity contribution in [3.8, 4) is 0 Å². The molecule has 1 heterocycles. The van der Waals surface area contributed by atoms with Crippen molar-refractivity contribution in [2.75, 3.05) is 17.2 Å². The van der Waals surface area contributed by atoms with Gasteiger partial charge in [-0.05, 0) is 34.5 Å². The van der Waals surface area contributed by atoms with Gasteiger partial charge in [0.2, 0.25) is 10.0 Å². The Kier molecular flexibility index (Phi) is 4.11. The van der Waals surface area contributed by atoms with Gasteiger partial charge in [-0.1, -0.05) is 0 Å². The number of anilines is 1. The van der Waals surface area contributed by atoms with E-state index in [0.717, 1.165) is 12.1 Å². The molecule has 0 bridgehead atoms. The monoisotopic (exact) mass is 386 g/mol. The molecule has 0 radical (unpaired) electrons. The molecule has 1 aliphatic rings. The van der Waals surface area contributed by atoms with E-state index in [1.807, 2.05) is 0 Å². The van der Waals surface area contributed by atoms with Gasteiger partial charge < -0.3 is 5.73 Å². The van der Waals surface area contributed by atoms with Gasteiger partial charge in [0, 0.05) is 6.04 Å². The third-order valence-corrected chi connectivity index (χ3v) is 6.85. The number of nitrogens with one attached hydrogen (secondary N) is 1. The van der Waals surface area contributed by atoms with Gasteiger partial charge in [-0.2, -0.15) is 0 Å². The fourth-order valence-corrected chi connectivity index (χ4v) is 5.63. The zero-order chi connectivity index (χ0) is 15.1. The van der Waals surface area contributed by atoms with E-state index in [-0.39, 0.29) is 33.0 Å². The minimum Gasteiger partial charge on any atom is -0.398 e. The van der Waals surface area contributed by atoms with Crippen LogP contribution in [0.1, 0.15) is 6.42 Å². The van der Waals surface area contributed by atoms with Crippen molar-refractivity contribution in [2.24, 2.45) is 0 Å². The minimum atomic E-state index is -4.00. The molecule has 0 aliphatic carbocycles. The van der Waals surface area contributed by atoms with Crippen molar-refractivity contribution in [1.29, 1.82) is 0 Å². The summed E-state index contributed by atoms with van der Waals surface area (Å²) >= 11 is 2.88. The van der Waals surface area contributed by atoms with Crippen LogP contribution >= 0.6 is 15.9 Å². The summed E-state index contributed by atoms with van der Waals surface area (Å²) in [6.07, 6.45) is 0.212. The first-order valence-electron chi connectivity index (χ1n) is 5.58. The Bertz CT molecular complexity index is 749. The second kappa shape index (κ2) is 5.24. The Labute approximate surface area is 124 Å². The largest absolute Gasteiger partial charge is 0.398 e. The van der Waals surface area contributed by atoms with Crippen LogP contribution in [0.15, 0.2) is 21.5 Å². The molecule has 1 atom stereocenters. The standard InChI is InChI=1S/C10H12BrFN2O4S2/c11-7-3-10(9(13)4-8(7)12)20(17,18)14-6-1-2-19(15,16)5-6/h3-4,6,14H,1-2,5,13H2. The lowest BCUT2D eigenvalue weighted by Gasteiger charge is -2.13. The number of benzene rings is 1. The number of nitrogens with two attached hydrogens (primary N) is 1. The molecule has 0 aromatic heterocycles. The molecular formula is C10H12BrFN2O4S2. The maximum absolute atomic E-state index is 13.2. The topological polar surface area (TPSA) is 106 Å². The van der Waals surface area contributed by atoms with Gasteiger partial charge in [0.25, 0.3) is 0 Å². The van der Waals surface area contributed by atoms with Crippen LogP contribution in [0.3, 0.4) is 0 Å². The van der Waals surface area contributed by atoms with Crippen LogP contribution in [0.4, 0.5) is 10.1 Å². The zero-order valence-corrected chi connectivity index (χ0v) is 13.4. The fraction of sp³-hybridized carbons (Fsp3) is 0.400. The number of sulfone groups is 1. The first kappa shape index (κ1) is 15.7. The molecule has 20 heavy (non-hydrogen) atoms. The summed E-state index contributed by atoms with van der Waals surface area (Å²) in [5.74, 6) is -0.970. The average Bonchev–Trinajstić information content (AvgIpc) is 2.62. The Hall–Kier alpha value is -0.710. The summed E-state index contributed by atoms with van der Waals surface area (Å²) in [6.45, 7) is 0. The van der Waals surface area contributed by atoms with Crippen molar-refractivity contribution < 1.29 is 21.2 Å². The summed E-state index contributed by atoms with van der Waals surface area (Å²) in [5.41, 5.74) is 5.27.